The maximum absolute atomic E-state index is 12.7. The van der Waals surface area contributed by atoms with Crippen LogP contribution >= 0.6 is 0 Å². The summed E-state index contributed by atoms with van der Waals surface area (Å²) >= 11 is 0. The second kappa shape index (κ2) is 16.2. The molecule has 0 saturated heterocycles. The molecular formula is C19H32N8O10. The fraction of sp³-hybridized carbons (Fsp3) is 0.579. The molecule has 0 bridgehead atoms. The molecule has 0 aromatic rings. The monoisotopic (exact) mass is 532 g/mol. The van der Waals surface area contributed by atoms with Crippen LogP contribution in [0.5, 0.6) is 0 Å². The van der Waals surface area contributed by atoms with E-state index in [1.54, 1.807) is 0 Å². The third kappa shape index (κ3) is 14.5. The van der Waals surface area contributed by atoms with Gasteiger partial charge in [-0.05, 0) is 19.3 Å². The van der Waals surface area contributed by atoms with Gasteiger partial charge >= 0.3 is 17.9 Å². The molecule has 0 aliphatic rings. The molecule has 4 atom stereocenters. The summed E-state index contributed by atoms with van der Waals surface area (Å²) in [5.41, 5.74) is 21.0. The molecule has 18 heteroatoms. The molecule has 0 fully saturated rings. The van der Waals surface area contributed by atoms with E-state index in [1.165, 1.54) is 0 Å². The number of nitrogens with one attached hydrogen (secondary N) is 3. The van der Waals surface area contributed by atoms with Crippen LogP contribution in [0.2, 0.25) is 0 Å². The van der Waals surface area contributed by atoms with Crippen LogP contribution in [0, 0.1) is 0 Å². The Hall–Kier alpha value is -4.48. The van der Waals surface area contributed by atoms with Gasteiger partial charge in [-0.2, -0.15) is 0 Å². The number of carbonyl (C=O) groups is 7. The van der Waals surface area contributed by atoms with Gasteiger partial charge in [0.2, 0.25) is 23.6 Å². The number of hydrogen-bond acceptors (Lipinski definition) is 9. The lowest BCUT2D eigenvalue weighted by Gasteiger charge is -2.24. The Bertz CT molecular complexity index is 905. The molecule has 208 valence electrons. The quantitative estimate of drug-likeness (QED) is 0.0450. The smallest absolute Gasteiger partial charge is 0.326 e. The number of carbonyl (C=O) groups excluding carboxylic acids is 4. The molecular weight excluding hydrogens is 500 g/mol. The Balaban J connectivity index is 5.49. The van der Waals surface area contributed by atoms with Crippen LogP contribution < -0.4 is 38.9 Å². The molecule has 0 aliphatic carbocycles. The standard InChI is InChI=1S/C19H32N8O10/c20-8(3-4-13(29)30)15(33)26-11(7-14(31)32)17(35)27-10(6-12(21)28)16(34)25-9(18(36)37)2-1-5-24-19(22)23/h8-11H,1-7,20H2,(H2,21,28)(H,25,34)(H,26,33)(H,27,35)(H,29,30)(H,31,32)(H,36,37)(H4,22,23,24). The van der Waals surface area contributed by atoms with E-state index in [4.69, 9.17) is 33.1 Å². The molecule has 0 saturated carbocycles. The molecule has 37 heavy (non-hydrogen) atoms. The van der Waals surface area contributed by atoms with Crippen LogP contribution in [0.3, 0.4) is 0 Å². The van der Waals surface area contributed by atoms with E-state index >= 15 is 0 Å². The molecule has 0 aromatic heterocycles. The highest BCUT2D eigenvalue weighted by atomic mass is 16.4. The number of nitrogens with zero attached hydrogens (tertiary/aromatic N) is 1. The summed E-state index contributed by atoms with van der Waals surface area (Å²) in [7, 11) is 0. The largest absolute Gasteiger partial charge is 0.481 e. The number of amides is 4. The summed E-state index contributed by atoms with van der Waals surface area (Å²) in [6.07, 6.45) is -2.50. The fourth-order valence-electron chi connectivity index (χ4n) is 2.79. The minimum absolute atomic E-state index is 0.0641. The summed E-state index contributed by atoms with van der Waals surface area (Å²) in [6, 6.07) is -6.35. The topological polar surface area (TPSA) is 333 Å². The maximum Gasteiger partial charge on any atom is 0.326 e. The highest BCUT2D eigenvalue weighted by molar-refractivity contribution is 5.97. The first-order valence-electron chi connectivity index (χ1n) is 10.8. The van der Waals surface area contributed by atoms with Crippen molar-refractivity contribution in [1.82, 2.24) is 16.0 Å². The number of aliphatic imine (C=N–C) groups is 1. The summed E-state index contributed by atoms with van der Waals surface area (Å²) in [4.78, 5) is 86.0. The zero-order valence-corrected chi connectivity index (χ0v) is 19.7. The van der Waals surface area contributed by atoms with Crippen LogP contribution in [0.25, 0.3) is 0 Å². The maximum atomic E-state index is 12.7. The van der Waals surface area contributed by atoms with Crippen LogP contribution in [-0.2, 0) is 33.6 Å². The van der Waals surface area contributed by atoms with Crippen molar-refractivity contribution < 1.29 is 48.9 Å². The summed E-state index contributed by atoms with van der Waals surface area (Å²) in [6.45, 7) is 0.0641. The second-order valence-corrected chi connectivity index (χ2v) is 7.78. The van der Waals surface area contributed by atoms with Crippen LogP contribution in [0.15, 0.2) is 4.99 Å². The SMILES string of the molecule is NC(=O)CC(NC(=O)C(CC(=O)O)NC(=O)C(N)CCC(=O)O)C(=O)NC(CCCN=C(N)N)C(=O)O. The predicted octanol–water partition coefficient (Wildman–Crippen LogP) is -4.88. The van der Waals surface area contributed by atoms with Gasteiger partial charge in [0, 0.05) is 13.0 Å². The normalized spacial score (nSPS) is 13.6. The van der Waals surface area contributed by atoms with Crippen molar-refractivity contribution in [2.75, 3.05) is 6.54 Å². The summed E-state index contributed by atoms with van der Waals surface area (Å²) in [5, 5.41) is 33.4. The number of primary amides is 1. The van der Waals surface area contributed by atoms with Gasteiger partial charge in [0.15, 0.2) is 5.96 Å². The third-order valence-electron chi connectivity index (χ3n) is 4.62. The molecule has 0 rings (SSSR count). The van der Waals surface area contributed by atoms with Crippen molar-refractivity contribution in [2.45, 2.75) is 62.7 Å². The first kappa shape index (κ1) is 32.5. The van der Waals surface area contributed by atoms with E-state index in [1.807, 2.05) is 5.32 Å². The lowest BCUT2D eigenvalue weighted by Crippen LogP contribution is -2.58. The zero-order valence-electron chi connectivity index (χ0n) is 19.7. The van der Waals surface area contributed by atoms with Gasteiger partial charge in [-0.1, -0.05) is 0 Å². The van der Waals surface area contributed by atoms with Gasteiger partial charge in [-0.25, -0.2) is 4.79 Å². The number of carboxylic acid groups (broad SMARTS) is 3. The van der Waals surface area contributed by atoms with E-state index in [2.05, 4.69) is 15.6 Å². The molecule has 18 nitrogen and oxygen atoms in total. The van der Waals surface area contributed by atoms with Gasteiger partial charge in [-0.3, -0.25) is 33.8 Å². The van der Waals surface area contributed by atoms with Crippen molar-refractivity contribution >= 4 is 47.5 Å². The van der Waals surface area contributed by atoms with Crippen molar-refractivity contribution in [3.05, 3.63) is 0 Å². The average molecular weight is 533 g/mol. The number of nitrogens with two attached hydrogens (primary N) is 4. The highest BCUT2D eigenvalue weighted by Gasteiger charge is 2.32. The lowest BCUT2D eigenvalue weighted by atomic mass is 10.1. The van der Waals surface area contributed by atoms with E-state index in [9.17, 15) is 38.7 Å². The van der Waals surface area contributed by atoms with Gasteiger partial charge in [-0.15, -0.1) is 0 Å². The van der Waals surface area contributed by atoms with Crippen molar-refractivity contribution in [1.29, 1.82) is 0 Å². The van der Waals surface area contributed by atoms with Crippen LogP contribution in [0.1, 0.15) is 38.5 Å². The number of aliphatic carboxylic acids is 3. The zero-order chi connectivity index (χ0) is 28.7. The number of rotatable bonds is 18. The minimum Gasteiger partial charge on any atom is -0.481 e. The van der Waals surface area contributed by atoms with Crippen LogP contribution in [0.4, 0.5) is 0 Å². The molecule has 0 heterocycles. The predicted molar refractivity (Wildman–Crippen MR) is 124 cm³/mol. The molecule has 0 aliphatic heterocycles. The van der Waals surface area contributed by atoms with E-state index in [-0.39, 0.29) is 31.8 Å². The van der Waals surface area contributed by atoms with Gasteiger partial charge in [0.1, 0.15) is 18.1 Å². The second-order valence-electron chi connectivity index (χ2n) is 7.78. The van der Waals surface area contributed by atoms with Gasteiger partial charge in [0.25, 0.3) is 0 Å². The number of carboxylic acids is 3. The van der Waals surface area contributed by atoms with Crippen molar-refractivity contribution in [3.63, 3.8) is 0 Å². The number of guanidine groups is 1. The third-order valence-corrected chi connectivity index (χ3v) is 4.62. The molecule has 4 unspecified atom stereocenters. The van der Waals surface area contributed by atoms with E-state index in [0.29, 0.717) is 0 Å². The first-order valence-corrected chi connectivity index (χ1v) is 10.8. The molecule has 4 amide bonds. The Labute approximate surface area is 210 Å². The van der Waals surface area contributed by atoms with Gasteiger partial charge < -0.3 is 54.2 Å². The van der Waals surface area contributed by atoms with Gasteiger partial charge in [0.05, 0.1) is 18.9 Å². The Kier molecular flexibility index (Phi) is 14.3. The Morgan fingerprint density at radius 3 is 1.68 bits per heavy atom. The van der Waals surface area contributed by atoms with E-state index in [0.717, 1.165) is 0 Å². The lowest BCUT2D eigenvalue weighted by molar-refractivity contribution is -0.143. The molecule has 0 radical (unpaired) electrons. The highest BCUT2D eigenvalue weighted by Crippen LogP contribution is 2.04. The molecule has 0 spiro atoms. The average Bonchev–Trinajstić information content (AvgIpc) is 2.77. The molecule has 14 N–H and O–H groups in total. The molecule has 0 aromatic carbocycles. The number of hydrogen-bond donors (Lipinski definition) is 10. The Morgan fingerprint density at radius 2 is 1.22 bits per heavy atom. The summed E-state index contributed by atoms with van der Waals surface area (Å²) < 4.78 is 0. The van der Waals surface area contributed by atoms with E-state index < -0.39 is 85.0 Å². The van der Waals surface area contributed by atoms with Crippen molar-refractivity contribution in [2.24, 2.45) is 27.9 Å². The fourth-order valence-corrected chi connectivity index (χ4v) is 2.79. The van der Waals surface area contributed by atoms with Crippen molar-refractivity contribution in [3.8, 4) is 0 Å². The summed E-state index contributed by atoms with van der Waals surface area (Å²) in [5.74, 6) is -8.86. The first-order chi connectivity index (χ1) is 17.1. The van der Waals surface area contributed by atoms with Crippen LogP contribution in [-0.4, -0.2) is 93.5 Å². The minimum atomic E-state index is -1.78. The Morgan fingerprint density at radius 1 is 0.703 bits per heavy atom.